The summed E-state index contributed by atoms with van der Waals surface area (Å²) in [5.74, 6) is -0.447. The first kappa shape index (κ1) is 30.1. The van der Waals surface area contributed by atoms with Gasteiger partial charge in [-0.05, 0) is 54.1 Å². The quantitative estimate of drug-likeness (QED) is 0.174. The molecule has 0 aliphatic rings. The number of benzene rings is 6. The van der Waals surface area contributed by atoms with Crippen molar-refractivity contribution in [1.82, 2.24) is 19.5 Å². The van der Waals surface area contributed by atoms with E-state index in [-0.39, 0.29) is 17.0 Å². The Labute approximate surface area is 276 Å². The van der Waals surface area contributed by atoms with E-state index < -0.39 is 23.4 Å². The van der Waals surface area contributed by atoms with Gasteiger partial charge in [-0.1, -0.05) is 91.0 Å². The van der Waals surface area contributed by atoms with Crippen LogP contribution in [0.15, 0.2) is 140 Å². The number of alkyl halides is 3. The van der Waals surface area contributed by atoms with Gasteiger partial charge in [0.25, 0.3) is 0 Å². The molecule has 0 unspecified atom stereocenters. The lowest BCUT2D eigenvalue weighted by atomic mass is 10.00. The average molecular weight is 655 g/mol. The molecular formula is C40H23F5N4. The van der Waals surface area contributed by atoms with E-state index in [0.29, 0.717) is 44.7 Å². The zero-order chi connectivity index (χ0) is 33.7. The number of nitrogens with zero attached hydrogens (tertiary/aromatic N) is 4. The summed E-state index contributed by atoms with van der Waals surface area (Å²) < 4.78 is 73.9. The fourth-order valence-electron chi connectivity index (χ4n) is 6.17. The minimum Gasteiger partial charge on any atom is -0.308 e. The van der Waals surface area contributed by atoms with Gasteiger partial charge in [0.1, 0.15) is 11.6 Å². The molecule has 4 nitrogen and oxygen atoms in total. The molecule has 2 heterocycles. The highest BCUT2D eigenvalue weighted by Gasteiger charge is 2.31. The van der Waals surface area contributed by atoms with Crippen LogP contribution < -0.4 is 0 Å². The van der Waals surface area contributed by atoms with Crippen molar-refractivity contribution in [1.29, 1.82) is 0 Å². The molecule has 8 aromatic rings. The van der Waals surface area contributed by atoms with Crippen molar-refractivity contribution < 1.29 is 22.0 Å². The Bertz CT molecular complexity index is 2430. The molecule has 6 aromatic carbocycles. The van der Waals surface area contributed by atoms with Crippen LogP contribution >= 0.6 is 0 Å². The summed E-state index contributed by atoms with van der Waals surface area (Å²) in [5, 5.41) is 0.937. The molecule has 8 rings (SSSR count). The van der Waals surface area contributed by atoms with Gasteiger partial charge in [-0.2, -0.15) is 13.2 Å². The van der Waals surface area contributed by atoms with Crippen LogP contribution in [-0.4, -0.2) is 19.5 Å². The zero-order valence-corrected chi connectivity index (χ0v) is 25.5. The number of aromatic nitrogens is 4. The van der Waals surface area contributed by atoms with E-state index in [2.05, 4.69) is 0 Å². The summed E-state index contributed by atoms with van der Waals surface area (Å²) in [7, 11) is 0. The predicted molar refractivity (Wildman–Crippen MR) is 181 cm³/mol. The van der Waals surface area contributed by atoms with Crippen LogP contribution in [0.5, 0.6) is 0 Å². The molecule has 0 aliphatic heterocycles. The van der Waals surface area contributed by atoms with Crippen molar-refractivity contribution >= 4 is 21.8 Å². The number of halogens is 5. The topological polar surface area (TPSA) is 43.6 Å². The Morgan fingerprint density at radius 2 is 1.04 bits per heavy atom. The maximum atomic E-state index is 15.2. The molecule has 49 heavy (non-hydrogen) atoms. The van der Waals surface area contributed by atoms with Crippen molar-refractivity contribution in [3.8, 4) is 51.0 Å². The monoisotopic (exact) mass is 654 g/mol. The molecule has 0 atom stereocenters. The van der Waals surface area contributed by atoms with Gasteiger partial charge in [0, 0.05) is 27.5 Å². The smallest absolute Gasteiger partial charge is 0.308 e. The summed E-state index contributed by atoms with van der Waals surface area (Å²) in [5.41, 5.74) is 2.62. The zero-order valence-electron chi connectivity index (χ0n) is 25.5. The number of hydrogen-bond acceptors (Lipinski definition) is 3. The number of rotatable bonds is 5. The molecule has 0 aliphatic carbocycles. The highest BCUT2D eigenvalue weighted by molar-refractivity contribution is 6.10. The molecule has 0 radical (unpaired) electrons. The molecule has 2 aromatic heterocycles. The second-order valence-electron chi connectivity index (χ2n) is 11.4. The lowest BCUT2D eigenvalue weighted by Crippen LogP contribution is -2.05. The number of hydrogen-bond donors (Lipinski definition) is 0. The van der Waals surface area contributed by atoms with E-state index in [0.717, 1.165) is 23.3 Å². The van der Waals surface area contributed by atoms with Gasteiger partial charge in [0.2, 0.25) is 0 Å². The van der Waals surface area contributed by atoms with Crippen LogP contribution in [0.4, 0.5) is 22.0 Å². The van der Waals surface area contributed by atoms with E-state index in [1.807, 2.05) is 60.7 Å². The minimum atomic E-state index is -4.56. The number of para-hydroxylation sites is 1. The van der Waals surface area contributed by atoms with Gasteiger partial charge < -0.3 is 4.57 Å². The Morgan fingerprint density at radius 3 is 1.67 bits per heavy atom. The van der Waals surface area contributed by atoms with Crippen molar-refractivity contribution in [3.05, 3.63) is 157 Å². The second-order valence-corrected chi connectivity index (χ2v) is 11.4. The summed E-state index contributed by atoms with van der Waals surface area (Å²) >= 11 is 0. The molecular weight excluding hydrogens is 631 g/mol. The summed E-state index contributed by atoms with van der Waals surface area (Å²) in [6.07, 6.45) is -4.56. The first-order valence-corrected chi connectivity index (χ1v) is 15.3. The van der Waals surface area contributed by atoms with E-state index >= 15 is 8.78 Å². The van der Waals surface area contributed by atoms with Gasteiger partial charge >= 0.3 is 6.18 Å². The average Bonchev–Trinajstić information content (AvgIpc) is 3.45. The normalized spacial score (nSPS) is 11.8. The molecule has 0 amide bonds. The van der Waals surface area contributed by atoms with Crippen molar-refractivity contribution in [2.75, 3.05) is 0 Å². The molecule has 0 saturated heterocycles. The first-order valence-electron chi connectivity index (χ1n) is 15.3. The van der Waals surface area contributed by atoms with Gasteiger partial charge in [-0.3, -0.25) is 0 Å². The lowest BCUT2D eigenvalue weighted by molar-refractivity contribution is -0.137. The van der Waals surface area contributed by atoms with Gasteiger partial charge in [-0.15, -0.1) is 0 Å². The van der Waals surface area contributed by atoms with Crippen LogP contribution in [0.1, 0.15) is 5.56 Å². The third-order valence-electron chi connectivity index (χ3n) is 8.43. The Balaban J connectivity index is 1.47. The maximum absolute atomic E-state index is 15.2. The lowest BCUT2D eigenvalue weighted by Gasteiger charge is -2.17. The predicted octanol–water partition coefficient (Wildman–Crippen LogP) is 10.9. The van der Waals surface area contributed by atoms with Crippen molar-refractivity contribution in [3.63, 3.8) is 0 Å². The van der Waals surface area contributed by atoms with E-state index in [1.165, 1.54) is 24.3 Å². The largest absolute Gasteiger partial charge is 0.416 e. The fourth-order valence-corrected chi connectivity index (χ4v) is 6.17. The Hall–Kier alpha value is -6.22. The minimum absolute atomic E-state index is 0.229. The summed E-state index contributed by atoms with van der Waals surface area (Å²) in [6, 6.07) is 37.9. The van der Waals surface area contributed by atoms with E-state index in [9.17, 15) is 13.2 Å². The summed E-state index contributed by atoms with van der Waals surface area (Å²) in [6.45, 7) is 0. The van der Waals surface area contributed by atoms with Crippen molar-refractivity contribution in [2.45, 2.75) is 6.18 Å². The van der Waals surface area contributed by atoms with Gasteiger partial charge in [0.15, 0.2) is 17.5 Å². The van der Waals surface area contributed by atoms with Crippen molar-refractivity contribution in [2.24, 2.45) is 0 Å². The molecule has 0 spiro atoms. The maximum Gasteiger partial charge on any atom is 0.416 e. The van der Waals surface area contributed by atoms with Crippen LogP contribution in [-0.2, 0) is 6.18 Å². The molecule has 0 saturated carbocycles. The third kappa shape index (κ3) is 5.39. The molecule has 0 fully saturated rings. The van der Waals surface area contributed by atoms with E-state index in [4.69, 9.17) is 15.0 Å². The highest BCUT2D eigenvalue weighted by atomic mass is 19.4. The fraction of sp³-hybridized carbons (Fsp3) is 0.0250. The highest BCUT2D eigenvalue weighted by Crippen LogP contribution is 2.41. The Morgan fingerprint density at radius 1 is 0.469 bits per heavy atom. The second kappa shape index (κ2) is 11.8. The van der Waals surface area contributed by atoms with Gasteiger partial charge in [0.05, 0.1) is 27.8 Å². The summed E-state index contributed by atoms with van der Waals surface area (Å²) in [4.78, 5) is 14.5. The molecule has 9 heteroatoms. The van der Waals surface area contributed by atoms with Crippen LogP contribution in [0.3, 0.4) is 0 Å². The standard InChI is InChI=1S/C40H23F5N4/c41-31-15-9-16-32(42)36(31)26-18-20-29(39-47-37(24-10-3-1-4-11-24)46-38(48-39)25-12-5-2-6-13-25)35(22-26)49-33-17-8-7-14-28(33)30-23-27(40(43,44)45)19-21-34(30)49/h1-23H. The SMILES string of the molecule is Fc1cccc(F)c1-c1ccc(-c2nc(-c3ccccc3)nc(-c3ccccc3)n2)c(-n2c3ccccc3c3cc(C(F)(F)F)ccc32)c1. The molecule has 0 bridgehead atoms. The molecule has 238 valence electrons. The van der Waals surface area contributed by atoms with Crippen LogP contribution in [0.2, 0.25) is 0 Å². The van der Waals surface area contributed by atoms with E-state index in [1.54, 1.807) is 47.0 Å². The van der Waals surface area contributed by atoms with Gasteiger partial charge in [-0.25, -0.2) is 23.7 Å². The van der Waals surface area contributed by atoms with Crippen LogP contribution in [0.25, 0.3) is 72.8 Å². The first-order chi connectivity index (χ1) is 23.8. The Kier molecular flexibility index (Phi) is 7.25. The number of fused-ring (bicyclic) bond motifs is 3. The molecule has 0 N–H and O–H groups in total. The van der Waals surface area contributed by atoms with Crippen LogP contribution in [0, 0.1) is 11.6 Å². The third-order valence-corrected chi connectivity index (χ3v) is 8.43.